The molecule has 0 radical (unpaired) electrons. The van der Waals surface area contributed by atoms with Gasteiger partial charge in [-0.05, 0) is 65.3 Å². The molecule has 0 aliphatic carbocycles. The predicted octanol–water partition coefficient (Wildman–Crippen LogP) is 4.38. The Hall–Kier alpha value is -2.82. The lowest BCUT2D eigenvalue weighted by Gasteiger charge is -2.31. The summed E-state index contributed by atoms with van der Waals surface area (Å²) in [5.74, 6) is 3.44. The number of hydrogen-bond acceptors (Lipinski definition) is 4. The Morgan fingerprint density at radius 1 is 1.27 bits per heavy atom. The summed E-state index contributed by atoms with van der Waals surface area (Å²) < 4.78 is 12.1. The van der Waals surface area contributed by atoms with E-state index in [4.69, 9.17) is 28.1 Å². The number of thiocarbonyl (C=S) groups is 1. The zero-order valence-electron chi connectivity index (χ0n) is 16.6. The fourth-order valence-corrected chi connectivity index (χ4v) is 4.09. The van der Waals surface area contributed by atoms with Crippen LogP contribution in [0.4, 0.5) is 0 Å². The molecule has 0 fully saturated rings. The Morgan fingerprint density at radius 3 is 2.63 bits per heavy atom. The summed E-state index contributed by atoms with van der Waals surface area (Å²) in [4.78, 5) is 12.7. The Bertz CT molecular complexity index is 1040. The number of hydrogen-bond donors (Lipinski definition) is 2. The van der Waals surface area contributed by atoms with Crippen LogP contribution in [0, 0.1) is 12.3 Å². The second-order valence-corrected chi connectivity index (χ2v) is 7.76. The van der Waals surface area contributed by atoms with Gasteiger partial charge in [-0.3, -0.25) is 4.79 Å². The molecule has 0 spiro atoms. The predicted molar refractivity (Wildman–Crippen MR) is 125 cm³/mol. The van der Waals surface area contributed by atoms with Crippen LogP contribution in [0.2, 0.25) is 0 Å². The Balaban J connectivity index is 2.16. The van der Waals surface area contributed by atoms with Crippen molar-refractivity contribution in [1.29, 1.82) is 0 Å². The SMILES string of the molecule is C#CCOc1c(Br)cc(C2NC(=S)NC(c3ccccc3)=C2C(C)=O)cc1OCC. The van der Waals surface area contributed by atoms with E-state index in [1.807, 2.05) is 49.4 Å². The van der Waals surface area contributed by atoms with E-state index in [9.17, 15) is 4.79 Å². The third-order valence-electron chi connectivity index (χ3n) is 4.48. The molecule has 3 rings (SSSR count). The maximum atomic E-state index is 12.7. The third-order valence-corrected chi connectivity index (χ3v) is 5.29. The van der Waals surface area contributed by atoms with Gasteiger partial charge in [0.1, 0.15) is 6.61 Å². The average Bonchev–Trinajstić information content (AvgIpc) is 2.73. The van der Waals surface area contributed by atoms with E-state index >= 15 is 0 Å². The van der Waals surface area contributed by atoms with E-state index in [1.165, 1.54) is 0 Å². The second kappa shape index (κ2) is 9.79. The van der Waals surface area contributed by atoms with E-state index < -0.39 is 6.04 Å². The van der Waals surface area contributed by atoms with Crippen LogP contribution in [0.25, 0.3) is 5.70 Å². The van der Waals surface area contributed by atoms with Crippen molar-refractivity contribution in [2.75, 3.05) is 13.2 Å². The first-order valence-corrected chi connectivity index (χ1v) is 10.6. The molecule has 0 saturated carbocycles. The highest BCUT2D eigenvalue weighted by molar-refractivity contribution is 9.10. The summed E-state index contributed by atoms with van der Waals surface area (Å²) >= 11 is 8.99. The molecule has 154 valence electrons. The molecule has 0 saturated heterocycles. The van der Waals surface area contributed by atoms with Crippen molar-refractivity contribution in [3.8, 4) is 23.8 Å². The Morgan fingerprint density at radius 2 is 2.00 bits per heavy atom. The van der Waals surface area contributed by atoms with Crippen molar-refractivity contribution in [3.05, 3.63) is 63.6 Å². The highest BCUT2D eigenvalue weighted by Gasteiger charge is 2.31. The minimum absolute atomic E-state index is 0.0666. The Labute approximate surface area is 190 Å². The first-order valence-electron chi connectivity index (χ1n) is 9.36. The van der Waals surface area contributed by atoms with Crippen molar-refractivity contribution >= 4 is 44.7 Å². The van der Waals surface area contributed by atoms with E-state index in [0.717, 1.165) is 11.1 Å². The number of halogens is 1. The minimum atomic E-state index is -0.455. The van der Waals surface area contributed by atoms with Crippen LogP contribution in [-0.2, 0) is 4.79 Å². The molecule has 1 unspecified atom stereocenters. The van der Waals surface area contributed by atoms with Crippen LogP contribution in [0.5, 0.6) is 11.5 Å². The zero-order chi connectivity index (χ0) is 21.7. The van der Waals surface area contributed by atoms with E-state index in [0.29, 0.717) is 39.0 Å². The Kier molecular flexibility index (Phi) is 7.14. The number of ketones is 1. The van der Waals surface area contributed by atoms with Crippen molar-refractivity contribution in [3.63, 3.8) is 0 Å². The van der Waals surface area contributed by atoms with Crippen LogP contribution in [0.15, 0.2) is 52.5 Å². The van der Waals surface area contributed by atoms with Gasteiger partial charge in [-0.1, -0.05) is 36.3 Å². The largest absolute Gasteiger partial charge is 0.490 e. The number of rotatable bonds is 7. The molecule has 2 N–H and O–H groups in total. The van der Waals surface area contributed by atoms with Gasteiger partial charge in [-0.2, -0.15) is 0 Å². The van der Waals surface area contributed by atoms with Crippen LogP contribution in [0.1, 0.15) is 31.0 Å². The van der Waals surface area contributed by atoms with E-state index in [2.05, 4.69) is 32.5 Å². The summed E-state index contributed by atoms with van der Waals surface area (Å²) in [6.07, 6.45) is 5.33. The first-order chi connectivity index (χ1) is 14.5. The minimum Gasteiger partial charge on any atom is -0.490 e. The standard InChI is InChI=1S/C23H21BrN2O3S/c1-4-11-29-22-17(24)12-16(13-18(22)28-5-2)21-19(14(3)27)20(25-23(30)26-21)15-9-7-6-8-10-15/h1,6-10,12-13,21H,5,11H2,2-3H3,(H2,25,26,30). The maximum absolute atomic E-state index is 12.7. The topological polar surface area (TPSA) is 59.6 Å². The van der Waals surface area contributed by atoms with Crippen molar-refractivity contribution < 1.29 is 14.3 Å². The molecule has 1 aliphatic heterocycles. The van der Waals surface area contributed by atoms with Crippen molar-refractivity contribution in [2.45, 2.75) is 19.9 Å². The highest BCUT2D eigenvalue weighted by Crippen LogP contribution is 2.41. The molecular formula is C23H21BrN2O3S. The molecule has 1 atom stereocenters. The van der Waals surface area contributed by atoms with Gasteiger partial charge in [0.15, 0.2) is 22.4 Å². The monoisotopic (exact) mass is 484 g/mol. The van der Waals surface area contributed by atoms with Gasteiger partial charge in [0, 0.05) is 5.57 Å². The van der Waals surface area contributed by atoms with Crippen LogP contribution in [0.3, 0.4) is 0 Å². The summed E-state index contributed by atoms with van der Waals surface area (Å²) in [5, 5.41) is 6.80. The molecule has 0 aromatic heterocycles. The zero-order valence-corrected chi connectivity index (χ0v) is 19.0. The molecule has 1 heterocycles. The molecule has 7 heteroatoms. The molecule has 0 bridgehead atoms. The van der Waals surface area contributed by atoms with E-state index in [-0.39, 0.29) is 12.4 Å². The number of nitrogens with one attached hydrogen (secondary N) is 2. The van der Waals surface area contributed by atoms with E-state index in [1.54, 1.807) is 6.92 Å². The first kappa shape index (κ1) is 21.9. The lowest BCUT2D eigenvalue weighted by molar-refractivity contribution is -0.113. The van der Waals surface area contributed by atoms with Gasteiger partial charge in [-0.25, -0.2) is 0 Å². The molecule has 2 aromatic carbocycles. The van der Waals surface area contributed by atoms with Gasteiger partial charge < -0.3 is 20.1 Å². The summed E-state index contributed by atoms with van der Waals surface area (Å²) in [7, 11) is 0. The normalized spacial score (nSPS) is 15.7. The molecule has 0 amide bonds. The lowest BCUT2D eigenvalue weighted by Crippen LogP contribution is -2.44. The lowest BCUT2D eigenvalue weighted by atomic mass is 9.90. The smallest absolute Gasteiger partial charge is 0.176 e. The van der Waals surface area contributed by atoms with Gasteiger partial charge in [-0.15, -0.1) is 6.42 Å². The number of benzene rings is 2. The number of terminal acetylenes is 1. The van der Waals surface area contributed by atoms with Crippen LogP contribution in [-0.4, -0.2) is 24.1 Å². The van der Waals surface area contributed by atoms with Gasteiger partial charge in [0.05, 0.1) is 22.8 Å². The molecule has 5 nitrogen and oxygen atoms in total. The highest BCUT2D eigenvalue weighted by atomic mass is 79.9. The van der Waals surface area contributed by atoms with Gasteiger partial charge in [0.2, 0.25) is 0 Å². The maximum Gasteiger partial charge on any atom is 0.176 e. The molecule has 30 heavy (non-hydrogen) atoms. The third kappa shape index (κ3) is 4.66. The molecule has 1 aliphatic rings. The summed E-state index contributed by atoms with van der Waals surface area (Å²) in [6.45, 7) is 4.00. The molecular weight excluding hydrogens is 464 g/mol. The average molecular weight is 485 g/mol. The summed E-state index contributed by atoms with van der Waals surface area (Å²) in [6, 6.07) is 12.9. The fraction of sp³-hybridized carbons (Fsp3) is 0.217. The fourth-order valence-electron chi connectivity index (χ4n) is 3.30. The van der Waals surface area contributed by atoms with Gasteiger partial charge >= 0.3 is 0 Å². The van der Waals surface area contributed by atoms with Crippen LogP contribution < -0.4 is 20.1 Å². The molecule has 2 aromatic rings. The van der Waals surface area contributed by atoms with Crippen LogP contribution >= 0.6 is 28.1 Å². The quantitative estimate of drug-likeness (QED) is 0.449. The van der Waals surface area contributed by atoms with Crippen molar-refractivity contribution in [1.82, 2.24) is 10.6 Å². The second-order valence-electron chi connectivity index (χ2n) is 6.50. The van der Waals surface area contributed by atoms with Gasteiger partial charge in [0.25, 0.3) is 0 Å². The summed E-state index contributed by atoms with van der Waals surface area (Å²) in [5.41, 5.74) is 2.97. The number of Topliss-reactive ketones (excluding diaryl/α,β-unsaturated/α-hetero) is 1. The number of carbonyl (C=O) groups is 1. The van der Waals surface area contributed by atoms with Crippen molar-refractivity contribution in [2.24, 2.45) is 0 Å². The number of carbonyl (C=O) groups excluding carboxylic acids is 1. The number of ether oxygens (including phenoxy) is 2.